The molecule has 0 saturated carbocycles. The molecule has 0 radical (unpaired) electrons. The number of carbonyl (C=O) groups excluding carboxylic acids is 2. The van der Waals surface area contributed by atoms with Crippen LogP contribution >= 0.6 is 0 Å². The zero-order chi connectivity index (χ0) is 20.5. The Labute approximate surface area is 160 Å². The molecule has 2 rings (SSSR count). The Bertz CT molecular complexity index is 934. The zero-order valence-corrected chi connectivity index (χ0v) is 14.9. The number of esters is 1. The molecule has 2 aromatic carbocycles. The van der Waals surface area contributed by atoms with Crippen LogP contribution in [-0.4, -0.2) is 25.1 Å². The van der Waals surface area contributed by atoms with E-state index in [0.29, 0.717) is 24.0 Å². The van der Waals surface area contributed by atoms with Crippen LogP contribution in [-0.2, 0) is 14.3 Å². The molecule has 144 valence electrons. The fourth-order valence-corrected chi connectivity index (χ4v) is 2.12. The SMILES string of the molecule is CCOc1ccc(/C=C(\C#N)C(=O)OCC(=O)Nc2ccc(F)cc2F)cc1. The summed E-state index contributed by atoms with van der Waals surface area (Å²) in [6.07, 6.45) is 1.30. The van der Waals surface area contributed by atoms with Crippen molar-refractivity contribution in [2.24, 2.45) is 0 Å². The molecule has 1 amide bonds. The van der Waals surface area contributed by atoms with Gasteiger partial charge in [0.1, 0.15) is 29.0 Å². The molecule has 0 bridgehead atoms. The van der Waals surface area contributed by atoms with Gasteiger partial charge in [-0.2, -0.15) is 5.26 Å². The Balaban J connectivity index is 1.95. The first-order valence-electron chi connectivity index (χ1n) is 8.19. The van der Waals surface area contributed by atoms with Crippen molar-refractivity contribution in [1.82, 2.24) is 0 Å². The smallest absolute Gasteiger partial charge is 0.349 e. The highest BCUT2D eigenvalue weighted by Gasteiger charge is 2.14. The Hall–Kier alpha value is -3.73. The number of carbonyl (C=O) groups is 2. The van der Waals surface area contributed by atoms with Gasteiger partial charge in [0.2, 0.25) is 0 Å². The van der Waals surface area contributed by atoms with Crippen LogP contribution in [0.25, 0.3) is 6.08 Å². The van der Waals surface area contributed by atoms with E-state index in [0.717, 1.165) is 12.1 Å². The minimum absolute atomic E-state index is 0.257. The lowest BCUT2D eigenvalue weighted by Crippen LogP contribution is -2.22. The van der Waals surface area contributed by atoms with Crippen LogP contribution in [0.4, 0.5) is 14.5 Å². The largest absolute Gasteiger partial charge is 0.494 e. The lowest BCUT2D eigenvalue weighted by Gasteiger charge is -2.07. The summed E-state index contributed by atoms with van der Waals surface area (Å²) in [6, 6.07) is 11.0. The van der Waals surface area contributed by atoms with Gasteiger partial charge < -0.3 is 14.8 Å². The van der Waals surface area contributed by atoms with E-state index in [1.54, 1.807) is 30.3 Å². The van der Waals surface area contributed by atoms with Crippen molar-refractivity contribution in [2.45, 2.75) is 6.92 Å². The minimum Gasteiger partial charge on any atom is -0.494 e. The average Bonchev–Trinajstić information content (AvgIpc) is 2.68. The van der Waals surface area contributed by atoms with E-state index < -0.39 is 30.1 Å². The summed E-state index contributed by atoms with van der Waals surface area (Å²) in [5.74, 6) is -2.96. The molecule has 0 heterocycles. The third-order valence-corrected chi connectivity index (χ3v) is 3.38. The summed E-state index contributed by atoms with van der Waals surface area (Å²) < 4.78 is 36.4. The first-order chi connectivity index (χ1) is 13.4. The van der Waals surface area contributed by atoms with Crippen molar-refractivity contribution < 1.29 is 27.8 Å². The summed E-state index contributed by atoms with van der Waals surface area (Å²) >= 11 is 0. The first-order valence-corrected chi connectivity index (χ1v) is 8.19. The molecule has 0 aromatic heterocycles. The second-order valence-electron chi connectivity index (χ2n) is 5.42. The minimum atomic E-state index is -1.01. The van der Waals surface area contributed by atoms with E-state index in [2.05, 4.69) is 5.32 Å². The van der Waals surface area contributed by atoms with E-state index in [-0.39, 0.29) is 11.3 Å². The molecular formula is C20H16F2N2O4. The summed E-state index contributed by atoms with van der Waals surface area (Å²) in [5.41, 5.74) is -0.00686. The topological polar surface area (TPSA) is 88.4 Å². The highest BCUT2D eigenvalue weighted by Crippen LogP contribution is 2.16. The molecule has 6 nitrogen and oxygen atoms in total. The van der Waals surface area contributed by atoms with Crippen LogP contribution in [0.2, 0.25) is 0 Å². The van der Waals surface area contributed by atoms with Gasteiger partial charge >= 0.3 is 5.97 Å². The molecule has 0 fully saturated rings. The second kappa shape index (κ2) is 9.83. The molecule has 0 unspecified atom stereocenters. The van der Waals surface area contributed by atoms with Crippen LogP contribution in [0, 0.1) is 23.0 Å². The van der Waals surface area contributed by atoms with Gasteiger partial charge in [0.25, 0.3) is 5.91 Å². The van der Waals surface area contributed by atoms with Crippen LogP contribution in [0.15, 0.2) is 48.0 Å². The Morgan fingerprint density at radius 2 is 1.89 bits per heavy atom. The molecule has 28 heavy (non-hydrogen) atoms. The predicted molar refractivity (Wildman–Crippen MR) is 97.1 cm³/mol. The molecule has 0 saturated heterocycles. The maximum Gasteiger partial charge on any atom is 0.349 e. The first kappa shape index (κ1) is 20.6. The number of halogens is 2. The van der Waals surface area contributed by atoms with Crippen LogP contribution < -0.4 is 10.1 Å². The summed E-state index contributed by atoms with van der Waals surface area (Å²) in [4.78, 5) is 23.7. The zero-order valence-electron chi connectivity index (χ0n) is 14.9. The van der Waals surface area contributed by atoms with E-state index in [1.165, 1.54) is 6.08 Å². The van der Waals surface area contributed by atoms with Gasteiger partial charge in [-0.3, -0.25) is 4.79 Å². The Kier molecular flexibility index (Phi) is 7.22. The number of amides is 1. The lowest BCUT2D eigenvalue weighted by atomic mass is 10.1. The van der Waals surface area contributed by atoms with Gasteiger partial charge in [0, 0.05) is 6.07 Å². The Morgan fingerprint density at radius 3 is 2.50 bits per heavy atom. The molecule has 0 aliphatic carbocycles. The molecule has 0 aliphatic heterocycles. The number of hydrogen-bond acceptors (Lipinski definition) is 5. The molecule has 0 aliphatic rings. The van der Waals surface area contributed by atoms with Crippen molar-refractivity contribution in [1.29, 1.82) is 5.26 Å². The highest BCUT2D eigenvalue weighted by molar-refractivity contribution is 6.00. The molecule has 8 heteroatoms. The summed E-state index contributed by atoms with van der Waals surface area (Å²) in [6.45, 7) is 1.62. The van der Waals surface area contributed by atoms with Crippen molar-refractivity contribution in [2.75, 3.05) is 18.5 Å². The number of nitriles is 1. The number of nitrogens with zero attached hydrogens (tertiary/aromatic N) is 1. The third-order valence-electron chi connectivity index (χ3n) is 3.38. The summed E-state index contributed by atoms with van der Waals surface area (Å²) in [7, 11) is 0. The number of rotatable bonds is 7. The maximum atomic E-state index is 13.5. The molecule has 1 N–H and O–H groups in total. The Morgan fingerprint density at radius 1 is 1.18 bits per heavy atom. The van der Waals surface area contributed by atoms with Crippen molar-refractivity contribution >= 4 is 23.6 Å². The van der Waals surface area contributed by atoms with Crippen LogP contribution in [0.5, 0.6) is 5.75 Å². The molecule has 0 atom stereocenters. The van der Waals surface area contributed by atoms with Crippen LogP contribution in [0.3, 0.4) is 0 Å². The molecule has 2 aromatic rings. The highest BCUT2D eigenvalue weighted by atomic mass is 19.1. The number of anilines is 1. The van der Waals surface area contributed by atoms with E-state index in [9.17, 15) is 18.4 Å². The fraction of sp³-hybridized carbons (Fsp3) is 0.150. The predicted octanol–water partition coefficient (Wildman–Crippen LogP) is 3.45. The number of benzene rings is 2. The fourth-order valence-electron chi connectivity index (χ4n) is 2.12. The number of nitrogens with one attached hydrogen (secondary N) is 1. The van der Waals surface area contributed by atoms with Gasteiger partial charge in [-0.1, -0.05) is 12.1 Å². The van der Waals surface area contributed by atoms with Crippen molar-refractivity contribution in [3.8, 4) is 11.8 Å². The van der Waals surface area contributed by atoms with E-state index in [1.807, 2.05) is 6.92 Å². The van der Waals surface area contributed by atoms with Crippen LogP contribution in [0.1, 0.15) is 12.5 Å². The number of hydrogen-bond donors (Lipinski definition) is 1. The quantitative estimate of drug-likeness (QED) is 0.447. The standard InChI is InChI=1S/C20H16F2N2O4/c1-2-27-16-6-3-13(4-7-16)9-14(11-23)20(26)28-12-19(25)24-18-8-5-15(21)10-17(18)22/h3-10H,2,12H2,1H3,(H,24,25)/b14-9+. The molecular weight excluding hydrogens is 370 g/mol. The van der Waals surface area contributed by atoms with E-state index in [4.69, 9.17) is 14.7 Å². The van der Waals surface area contributed by atoms with Crippen molar-refractivity contribution in [3.05, 3.63) is 65.2 Å². The summed E-state index contributed by atoms with van der Waals surface area (Å²) in [5, 5.41) is 11.3. The lowest BCUT2D eigenvalue weighted by molar-refractivity contribution is -0.142. The van der Waals surface area contributed by atoms with Gasteiger partial charge in [-0.25, -0.2) is 13.6 Å². The van der Waals surface area contributed by atoms with E-state index >= 15 is 0 Å². The average molecular weight is 386 g/mol. The van der Waals surface area contributed by atoms with Gasteiger partial charge in [0.15, 0.2) is 6.61 Å². The third kappa shape index (κ3) is 5.92. The monoisotopic (exact) mass is 386 g/mol. The van der Waals surface area contributed by atoms with Crippen molar-refractivity contribution in [3.63, 3.8) is 0 Å². The second-order valence-corrected chi connectivity index (χ2v) is 5.42. The van der Waals surface area contributed by atoms with Gasteiger partial charge in [-0.05, 0) is 42.8 Å². The molecule has 0 spiro atoms. The maximum absolute atomic E-state index is 13.5. The van der Waals surface area contributed by atoms with Gasteiger partial charge in [0.05, 0.1) is 12.3 Å². The number of ether oxygens (including phenoxy) is 2. The normalized spacial score (nSPS) is 10.7. The van der Waals surface area contributed by atoms with Gasteiger partial charge in [-0.15, -0.1) is 0 Å².